The van der Waals surface area contributed by atoms with Crippen LogP contribution in [0.4, 0.5) is 4.79 Å². The number of amides is 1. The fourth-order valence-corrected chi connectivity index (χ4v) is 3.31. The van der Waals surface area contributed by atoms with Crippen LogP contribution in [0.15, 0.2) is 28.7 Å². The number of carbonyl (C=O) groups is 1. The lowest BCUT2D eigenvalue weighted by Crippen LogP contribution is -2.43. The molecule has 0 aromatic heterocycles. The van der Waals surface area contributed by atoms with Crippen molar-refractivity contribution < 1.29 is 14.6 Å². The van der Waals surface area contributed by atoms with Gasteiger partial charge < -0.3 is 14.7 Å². The van der Waals surface area contributed by atoms with Crippen molar-refractivity contribution in [3.8, 4) is 0 Å². The van der Waals surface area contributed by atoms with Gasteiger partial charge in [0.1, 0.15) is 5.60 Å². The zero-order chi connectivity index (χ0) is 17.0. The molecule has 1 aliphatic heterocycles. The fraction of sp³-hybridized carbons (Fsp3) is 0.611. The van der Waals surface area contributed by atoms with Crippen LogP contribution in [-0.2, 0) is 11.2 Å². The van der Waals surface area contributed by atoms with Gasteiger partial charge in [0.05, 0.1) is 6.10 Å². The third kappa shape index (κ3) is 5.81. The minimum Gasteiger partial charge on any atom is -0.444 e. The number of aliphatic hydroxyl groups excluding tert-OH is 1. The van der Waals surface area contributed by atoms with Crippen molar-refractivity contribution in [1.82, 2.24) is 4.90 Å². The van der Waals surface area contributed by atoms with Crippen LogP contribution in [0.3, 0.4) is 0 Å². The van der Waals surface area contributed by atoms with Crippen molar-refractivity contribution in [3.63, 3.8) is 0 Å². The number of nitrogens with zero attached hydrogens (tertiary/aromatic N) is 1. The van der Waals surface area contributed by atoms with Crippen molar-refractivity contribution in [2.24, 2.45) is 5.92 Å². The summed E-state index contributed by atoms with van der Waals surface area (Å²) >= 11 is 3.46. The van der Waals surface area contributed by atoms with E-state index in [1.54, 1.807) is 4.90 Å². The highest BCUT2D eigenvalue weighted by Crippen LogP contribution is 2.25. The van der Waals surface area contributed by atoms with Crippen molar-refractivity contribution >= 4 is 22.0 Å². The summed E-state index contributed by atoms with van der Waals surface area (Å²) in [5.74, 6) is 0.229. The van der Waals surface area contributed by atoms with Gasteiger partial charge in [-0.3, -0.25) is 0 Å². The number of benzene rings is 1. The van der Waals surface area contributed by atoms with E-state index in [9.17, 15) is 9.90 Å². The topological polar surface area (TPSA) is 49.8 Å². The van der Waals surface area contributed by atoms with E-state index in [0.717, 1.165) is 22.9 Å². The maximum atomic E-state index is 12.1. The number of halogens is 1. The Balaban J connectivity index is 1.83. The van der Waals surface area contributed by atoms with E-state index in [2.05, 4.69) is 15.9 Å². The number of ether oxygens (including phenoxy) is 1. The van der Waals surface area contributed by atoms with Crippen LogP contribution in [0, 0.1) is 5.92 Å². The van der Waals surface area contributed by atoms with Crippen LogP contribution in [0.25, 0.3) is 0 Å². The molecule has 1 fully saturated rings. The third-order valence-electron chi connectivity index (χ3n) is 4.07. The number of rotatable bonds is 3. The second kappa shape index (κ2) is 7.67. The highest BCUT2D eigenvalue weighted by atomic mass is 79.9. The summed E-state index contributed by atoms with van der Waals surface area (Å²) in [5.41, 5.74) is 0.662. The summed E-state index contributed by atoms with van der Waals surface area (Å²) in [6.45, 7) is 6.92. The molecule has 128 valence electrons. The van der Waals surface area contributed by atoms with Gasteiger partial charge in [-0.1, -0.05) is 28.1 Å². The Morgan fingerprint density at radius 2 is 2.04 bits per heavy atom. The molecule has 0 saturated carbocycles. The normalized spacial score (nSPS) is 17.9. The molecule has 1 amide bonds. The Kier molecular flexibility index (Phi) is 6.09. The third-order valence-corrected chi connectivity index (χ3v) is 4.56. The molecule has 1 heterocycles. The maximum absolute atomic E-state index is 12.1. The van der Waals surface area contributed by atoms with E-state index in [1.807, 2.05) is 45.0 Å². The molecule has 1 aromatic rings. The van der Waals surface area contributed by atoms with Crippen molar-refractivity contribution in [2.75, 3.05) is 13.1 Å². The maximum Gasteiger partial charge on any atom is 0.410 e. The first kappa shape index (κ1) is 18.3. The van der Waals surface area contributed by atoms with E-state index in [4.69, 9.17) is 4.74 Å². The van der Waals surface area contributed by atoms with E-state index < -0.39 is 5.60 Å². The molecule has 4 nitrogen and oxygen atoms in total. The van der Waals surface area contributed by atoms with Gasteiger partial charge in [0.15, 0.2) is 0 Å². The van der Waals surface area contributed by atoms with Gasteiger partial charge in [-0.25, -0.2) is 4.79 Å². The van der Waals surface area contributed by atoms with Crippen LogP contribution in [0.5, 0.6) is 0 Å². The molecule has 0 spiro atoms. The fourth-order valence-electron chi connectivity index (χ4n) is 2.87. The SMILES string of the molecule is CC(C)(C)OC(=O)N1CCC(C(O)Cc2cccc(Br)c2)CC1. The number of hydrogen-bond acceptors (Lipinski definition) is 3. The number of hydrogen-bond donors (Lipinski definition) is 1. The van der Waals surface area contributed by atoms with Gasteiger partial charge in [-0.2, -0.15) is 0 Å². The minimum atomic E-state index is -0.464. The molecular weight excluding hydrogens is 358 g/mol. The largest absolute Gasteiger partial charge is 0.444 e. The van der Waals surface area contributed by atoms with Crippen molar-refractivity contribution in [1.29, 1.82) is 0 Å². The Labute approximate surface area is 147 Å². The molecule has 0 aliphatic carbocycles. The predicted octanol–water partition coefficient (Wildman–Crippen LogP) is 4.00. The predicted molar refractivity (Wildman–Crippen MR) is 94.4 cm³/mol. The summed E-state index contributed by atoms with van der Waals surface area (Å²) in [7, 11) is 0. The molecule has 1 atom stereocenters. The second-order valence-electron chi connectivity index (χ2n) is 7.21. The average Bonchev–Trinajstić information content (AvgIpc) is 2.45. The van der Waals surface area contributed by atoms with Gasteiger partial charge in [-0.05, 0) is 63.6 Å². The lowest BCUT2D eigenvalue weighted by Gasteiger charge is -2.35. The lowest BCUT2D eigenvalue weighted by molar-refractivity contribution is 0.00800. The monoisotopic (exact) mass is 383 g/mol. The first-order valence-electron chi connectivity index (χ1n) is 8.15. The second-order valence-corrected chi connectivity index (χ2v) is 8.12. The smallest absolute Gasteiger partial charge is 0.410 e. The molecule has 1 aromatic carbocycles. The van der Waals surface area contributed by atoms with Gasteiger partial charge in [0, 0.05) is 17.6 Å². The standard InChI is InChI=1S/C18H26BrNO3/c1-18(2,3)23-17(22)20-9-7-14(8-10-20)16(21)12-13-5-4-6-15(19)11-13/h4-6,11,14,16,21H,7-10,12H2,1-3H3. The van der Waals surface area contributed by atoms with Crippen LogP contribution in [0.1, 0.15) is 39.2 Å². The summed E-state index contributed by atoms with van der Waals surface area (Å²) in [5, 5.41) is 10.5. The molecule has 5 heteroatoms. The molecule has 1 saturated heterocycles. The summed E-state index contributed by atoms with van der Waals surface area (Å²) in [6.07, 6.45) is 1.65. The van der Waals surface area contributed by atoms with Crippen LogP contribution >= 0.6 is 15.9 Å². The molecule has 0 bridgehead atoms. The first-order chi connectivity index (χ1) is 10.7. The zero-order valence-corrected chi connectivity index (χ0v) is 15.7. The molecule has 2 rings (SSSR count). The molecular formula is C18H26BrNO3. The quantitative estimate of drug-likeness (QED) is 0.857. The number of piperidine rings is 1. The van der Waals surface area contributed by atoms with Gasteiger partial charge in [-0.15, -0.1) is 0 Å². The molecule has 1 unspecified atom stereocenters. The van der Waals surface area contributed by atoms with E-state index in [1.165, 1.54) is 0 Å². The van der Waals surface area contributed by atoms with Crippen LogP contribution < -0.4 is 0 Å². The highest BCUT2D eigenvalue weighted by molar-refractivity contribution is 9.10. The number of carbonyl (C=O) groups excluding carboxylic acids is 1. The first-order valence-corrected chi connectivity index (χ1v) is 8.94. The Bertz CT molecular complexity index is 533. The van der Waals surface area contributed by atoms with Gasteiger partial charge in [0.25, 0.3) is 0 Å². The highest BCUT2D eigenvalue weighted by Gasteiger charge is 2.29. The number of aliphatic hydroxyl groups is 1. The minimum absolute atomic E-state index is 0.229. The lowest BCUT2D eigenvalue weighted by atomic mass is 9.88. The van der Waals surface area contributed by atoms with Crippen LogP contribution in [-0.4, -0.2) is 40.9 Å². The molecule has 1 aliphatic rings. The van der Waals surface area contributed by atoms with Gasteiger partial charge >= 0.3 is 6.09 Å². The van der Waals surface area contributed by atoms with Crippen molar-refractivity contribution in [3.05, 3.63) is 34.3 Å². The van der Waals surface area contributed by atoms with Gasteiger partial charge in [0.2, 0.25) is 0 Å². The van der Waals surface area contributed by atoms with E-state index in [0.29, 0.717) is 19.5 Å². The van der Waals surface area contributed by atoms with E-state index >= 15 is 0 Å². The molecule has 23 heavy (non-hydrogen) atoms. The summed E-state index contributed by atoms with van der Waals surface area (Å²) < 4.78 is 6.43. The Morgan fingerprint density at radius 3 is 2.61 bits per heavy atom. The van der Waals surface area contributed by atoms with Crippen molar-refractivity contribution in [2.45, 2.75) is 51.7 Å². The molecule has 1 N–H and O–H groups in total. The van der Waals surface area contributed by atoms with E-state index in [-0.39, 0.29) is 18.1 Å². The number of likely N-dealkylation sites (tertiary alicyclic amines) is 1. The molecule has 0 radical (unpaired) electrons. The summed E-state index contributed by atoms with van der Waals surface area (Å²) in [4.78, 5) is 13.8. The van der Waals surface area contributed by atoms with Crippen LogP contribution in [0.2, 0.25) is 0 Å². The summed E-state index contributed by atoms with van der Waals surface area (Å²) in [6, 6.07) is 8.04. The Morgan fingerprint density at radius 1 is 1.39 bits per heavy atom. The zero-order valence-electron chi connectivity index (χ0n) is 14.1. The Hall–Kier alpha value is -1.07. The average molecular weight is 384 g/mol.